The maximum absolute atomic E-state index is 5.29. The molecule has 1 atom stereocenters. The normalized spacial score (nSPS) is 12.9. The molecule has 0 saturated heterocycles. The Balaban J connectivity index is 2.11. The second-order valence-corrected chi connectivity index (χ2v) is 4.68. The van der Waals surface area contributed by atoms with Crippen LogP contribution in [0.15, 0.2) is 22.8 Å². The van der Waals surface area contributed by atoms with Crippen molar-refractivity contribution in [1.29, 1.82) is 0 Å². The van der Waals surface area contributed by atoms with Crippen LogP contribution in [-0.4, -0.2) is 18.3 Å². The molecule has 0 amide bonds. The second-order valence-electron chi connectivity index (χ2n) is 3.65. The second kappa shape index (κ2) is 7.83. The zero-order chi connectivity index (χ0) is 10.9. The first-order valence-corrected chi connectivity index (χ1v) is 6.85. The van der Waals surface area contributed by atoms with Crippen molar-refractivity contribution in [2.45, 2.75) is 38.5 Å². The molecule has 0 aromatic carbocycles. The van der Waals surface area contributed by atoms with Crippen LogP contribution in [0.5, 0.6) is 0 Å². The maximum Gasteiger partial charge on any atom is 0.113 e. The van der Waals surface area contributed by atoms with E-state index in [0.717, 1.165) is 23.8 Å². The lowest BCUT2D eigenvalue weighted by Crippen LogP contribution is -2.31. The summed E-state index contributed by atoms with van der Waals surface area (Å²) in [6.45, 7) is 5.57. The van der Waals surface area contributed by atoms with Crippen molar-refractivity contribution in [3.05, 3.63) is 24.2 Å². The van der Waals surface area contributed by atoms with Gasteiger partial charge in [0.2, 0.25) is 0 Å². The molecule has 0 aliphatic carbocycles. The van der Waals surface area contributed by atoms with Gasteiger partial charge in [-0.25, -0.2) is 0 Å². The quantitative estimate of drug-likeness (QED) is 0.737. The van der Waals surface area contributed by atoms with Crippen molar-refractivity contribution in [2.75, 3.05) is 12.3 Å². The Morgan fingerprint density at radius 2 is 2.33 bits per heavy atom. The summed E-state index contributed by atoms with van der Waals surface area (Å²) in [6, 6.07) is 4.63. The predicted octanol–water partition coefficient (Wildman–Crippen LogP) is 3.29. The van der Waals surface area contributed by atoms with E-state index in [1.165, 1.54) is 12.8 Å². The molecule has 0 radical (unpaired) electrons. The van der Waals surface area contributed by atoms with E-state index in [1.54, 1.807) is 6.26 Å². The summed E-state index contributed by atoms with van der Waals surface area (Å²) >= 11 is 1.94. The third kappa shape index (κ3) is 5.28. The topological polar surface area (TPSA) is 25.2 Å². The Labute approximate surface area is 96.8 Å². The molecule has 0 aliphatic heterocycles. The lowest BCUT2D eigenvalue weighted by Gasteiger charge is -2.15. The summed E-state index contributed by atoms with van der Waals surface area (Å²) in [6.07, 6.45) is 4.15. The maximum atomic E-state index is 5.29. The van der Waals surface area contributed by atoms with Gasteiger partial charge >= 0.3 is 0 Å². The van der Waals surface area contributed by atoms with Crippen molar-refractivity contribution < 1.29 is 4.42 Å². The Morgan fingerprint density at radius 3 is 2.93 bits per heavy atom. The van der Waals surface area contributed by atoms with Gasteiger partial charge in [-0.1, -0.05) is 13.8 Å². The van der Waals surface area contributed by atoms with Crippen LogP contribution in [-0.2, 0) is 5.75 Å². The number of nitrogens with one attached hydrogen (secondary N) is 1. The predicted molar refractivity (Wildman–Crippen MR) is 67.2 cm³/mol. The first-order chi connectivity index (χ1) is 7.36. The van der Waals surface area contributed by atoms with Crippen LogP contribution in [0.3, 0.4) is 0 Å². The van der Waals surface area contributed by atoms with Crippen LogP contribution in [0.25, 0.3) is 0 Å². The molecule has 0 spiro atoms. The summed E-state index contributed by atoms with van der Waals surface area (Å²) in [5, 5.41) is 3.55. The number of thioether (sulfide) groups is 1. The average molecular weight is 227 g/mol. The molecule has 0 aliphatic rings. The monoisotopic (exact) mass is 227 g/mol. The van der Waals surface area contributed by atoms with Gasteiger partial charge in [0, 0.05) is 11.8 Å². The number of furan rings is 1. The highest BCUT2D eigenvalue weighted by molar-refractivity contribution is 7.98. The van der Waals surface area contributed by atoms with Gasteiger partial charge in [-0.2, -0.15) is 11.8 Å². The van der Waals surface area contributed by atoms with Crippen LogP contribution in [0, 0.1) is 0 Å². The van der Waals surface area contributed by atoms with E-state index in [0.29, 0.717) is 6.04 Å². The van der Waals surface area contributed by atoms with Gasteiger partial charge in [-0.05, 0) is 31.5 Å². The van der Waals surface area contributed by atoms with E-state index in [1.807, 2.05) is 23.9 Å². The molecule has 86 valence electrons. The van der Waals surface area contributed by atoms with Gasteiger partial charge in [0.25, 0.3) is 0 Å². The molecule has 0 bridgehead atoms. The van der Waals surface area contributed by atoms with Crippen LogP contribution in [0.1, 0.15) is 32.4 Å². The summed E-state index contributed by atoms with van der Waals surface area (Å²) in [5.74, 6) is 3.22. The molecule has 0 saturated carbocycles. The van der Waals surface area contributed by atoms with Crippen molar-refractivity contribution in [2.24, 2.45) is 0 Å². The first kappa shape index (κ1) is 12.7. The van der Waals surface area contributed by atoms with Crippen LogP contribution < -0.4 is 5.32 Å². The molecule has 15 heavy (non-hydrogen) atoms. The Morgan fingerprint density at radius 1 is 1.47 bits per heavy atom. The summed E-state index contributed by atoms with van der Waals surface area (Å²) in [4.78, 5) is 0. The molecule has 1 unspecified atom stereocenters. The standard InChI is InChI=1S/C12H21NOS/c1-3-7-13-11(4-2)9-15-10-12-6-5-8-14-12/h5-6,8,11,13H,3-4,7,9-10H2,1-2H3. The Bertz CT molecular complexity index is 236. The highest BCUT2D eigenvalue weighted by atomic mass is 32.2. The van der Waals surface area contributed by atoms with Crippen LogP contribution >= 0.6 is 11.8 Å². The lowest BCUT2D eigenvalue weighted by atomic mass is 10.2. The minimum absolute atomic E-state index is 0.643. The Kier molecular flexibility index (Phi) is 6.60. The molecule has 3 heteroatoms. The minimum Gasteiger partial charge on any atom is -0.468 e. The van der Waals surface area contributed by atoms with Gasteiger partial charge < -0.3 is 9.73 Å². The molecule has 1 rings (SSSR count). The Hall–Kier alpha value is -0.410. The van der Waals surface area contributed by atoms with Gasteiger partial charge in [0.15, 0.2) is 0 Å². The van der Waals surface area contributed by atoms with Crippen molar-refractivity contribution in [1.82, 2.24) is 5.32 Å². The summed E-state index contributed by atoms with van der Waals surface area (Å²) in [7, 11) is 0. The largest absolute Gasteiger partial charge is 0.468 e. The fourth-order valence-corrected chi connectivity index (χ4v) is 2.49. The van der Waals surface area contributed by atoms with E-state index < -0.39 is 0 Å². The molecule has 1 aromatic rings. The van der Waals surface area contributed by atoms with Crippen LogP contribution in [0.4, 0.5) is 0 Å². The van der Waals surface area contributed by atoms with Gasteiger partial charge in [-0.15, -0.1) is 0 Å². The molecule has 1 N–H and O–H groups in total. The van der Waals surface area contributed by atoms with Gasteiger partial charge in [0.1, 0.15) is 5.76 Å². The summed E-state index contributed by atoms with van der Waals surface area (Å²) < 4.78 is 5.29. The highest BCUT2D eigenvalue weighted by Gasteiger charge is 2.05. The molecular formula is C12H21NOS. The average Bonchev–Trinajstić information content (AvgIpc) is 2.76. The number of hydrogen-bond donors (Lipinski definition) is 1. The van der Waals surface area contributed by atoms with Gasteiger partial charge in [0.05, 0.1) is 12.0 Å². The fourth-order valence-electron chi connectivity index (χ4n) is 1.37. The van der Waals surface area contributed by atoms with Crippen LogP contribution in [0.2, 0.25) is 0 Å². The lowest BCUT2D eigenvalue weighted by molar-refractivity contribution is 0.527. The minimum atomic E-state index is 0.643. The first-order valence-electron chi connectivity index (χ1n) is 5.70. The zero-order valence-electron chi connectivity index (χ0n) is 9.66. The van der Waals surface area contributed by atoms with E-state index >= 15 is 0 Å². The van der Waals surface area contributed by atoms with Crippen molar-refractivity contribution in [3.63, 3.8) is 0 Å². The van der Waals surface area contributed by atoms with Gasteiger partial charge in [-0.3, -0.25) is 0 Å². The molecule has 2 nitrogen and oxygen atoms in total. The molecule has 1 aromatic heterocycles. The van der Waals surface area contributed by atoms with E-state index in [9.17, 15) is 0 Å². The zero-order valence-corrected chi connectivity index (χ0v) is 10.5. The van der Waals surface area contributed by atoms with E-state index in [2.05, 4.69) is 19.2 Å². The molecule has 0 fully saturated rings. The molecular weight excluding hydrogens is 206 g/mol. The fraction of sp³-hybridized carbons (Fsp3) is 0.667. The van der Waals surface area contributed by atoms with E-state index in [-0.39, 0.29) is 0 Å². The summed E-state index contributed by atoms with van der Waals surface area (Å²) in [5.41, 5.74) is 0. The SMILES string of the molecule is CCCNC(CC)CSCc1ccco1. The number of hydrogen-bond acceptors (Lipinski definition) is 3. The highest BCUT2D eigenvalue weighted by Crippen LogP contribution is 2.14. The third-order valence-corrected chi connectivity index (χ3v) is 3.45. The molecule has 1 heterocycles. The number of rotatable bonds is 8. The third-order valence-electron chi connectivity index (χ3n) is 2.32. The van der Waals surface area contributed by atoms with Crippen molar-refractivity contribution >= 4 is 11.8 Å². The smallest absolute Gasteiger partial charge is 0.113 e. The van der Waals surface area contributed by atoms with Crippen molar-refractivity contribution in [3.8, 4) is 0 Å². The van der Waals surface area contributed by atoms with E-state index in [4.69, 9.17) is 4.42 Å².